The Hall–Kier alpha value is -0.227. The fourth-order valence-electron chi connectivity index (χ4n) is 0.367. The van der Waals surface area contributed by atoms with Crippen LogP contribution in [0.5, 0.6) is 0 Å². The maximum Gasteiger partial charge on any atom is 0.0151 e. The van der Waals surface area contributed by atoms with Crippen molar-refractivity contribution in [1.29, 1.82) is 0 Å². The predicted molar refractivity (Wildman–Crippen MR) is 25.2 cm³/mol. The maximum absolute atomic E-state index is 11.9. The Labute approximate surface area is 60.5 Å². The molecular formula is C6H4FZn-. The summed E-state index contributed by atoms with van der Waals surface area (Å²) < 4.78 is 11.9. The van der Waals surface area contributed by atoms with Gasteiger partial charge in [0.25, 0.3) is 0 Å². The third-order valence-electron chi connectivity index (χ3n) is 0.678. The standard InChI is InChI=1S/C6H4F.Zn/c7-6-4-2-1-3-5-6;/h2-5H;/q-1;. The van der Waals surface area contributed by atoms with Crippen LogP contribution in [0.4, 0.5) is 4.39 Å². The Bertz CT molecular complexity index is 138. The molecule has 0 unspecified atom stereocenters. The van der Waals surface area contributed by atoms with E-state index in [0.717, 1.165) is 0 Å². The summed E-state index contributed by atoms with van der Waals surface area (Å²) in [5, 5.41) is 0. The van der Waals surface area contributed by atoms with Crippen molar-refractivity contribution in [3.05, 3.63) is 36.1 Å². The van der Waals surface area contributed by atoms with E-state index in [0.29, 0.717) is 0 Å². The van der Waals surface area contributed by atoms with Crippen molar-refractivity contribution >= 4 is 0 Å². The van der Waals surface area contributed by atoms with Crippen LogP contribution in [0.1, 0.15) is 0 Å². The molecule has 0 atom stereocenters. The summed E-state index contributed by atoms with van der Waals surface area (Å²) in [4.78, 5) is 0. The molecular weight excluding hydrogens is 156 g/mol. The Kier molecular flexibility index (Phi) is 3.63. The molecule has 1 aromatic carbocycles. The summed E-state index contributed by atoms with van der Waals surface area (Å²) >= 11 is 0. The van der Waals surface area contributed by atoms with E-state index >= 15 is 0 Å². The molecule has 1 rings (SSSR count). The minimum absolute atomic E-state index is 0. The summed E-state index contributed by atoms with van der Waals surface area (Å²) in [6.07, 6.45) is 0. The SMILES string of the molecule is Fc1cc[c-]cc1.[Zn]. The summed E-state index contributed by atoms with van der Waals surface area (Å²) in [6.45, 7) is 0. The van der Waals surface area contributed by atoms with E-state index in [1.54, 1.807) is 0 Å². The first-order valence-electron chi connectivity index (χ1n) is 2.01. The van der Waals surface area contributed by atoms with Gasteiger partial charge in [0.2, 0.25) is 0 Å². The first-order chi connectivity index (χ1) is 3.39. The molecule has 0 saturated heterocycles. The van der Waals surface area contributed by atoms with Gasteiger partial charge in [0.05, 0.1) is 0 Å². The predicted octanol–water partition coefficient (Wildman–Crippen LogP) is 1.62. The zero-order chi connectivity index (χ0) is 5.11. The molecule has 8 heavy (non-hydrogen) atoms. The van der Waals surface area contributed by atoms with Crippen LogP contribution < -0.4 is 0 Å². The van der Waals surface area contributed by atoms with Crippen LogP contribution in [0.25, 0.3) is 0 Å². The Morgan fingerprint density at radius 2 is 1.75 bits per heavy atom. The number of halogens is 1. The van der Waals surface area contributed by atoms with E-state index < -0.39 is 0 Å². The van der Waals surface area contributed by atoms with Gasteiger partial charge in [-0.2, -0.15) is 18.2 Å². The maximum atomic E-state index is 11.9. The first-order valence-corrected chi connectivity index (χ1v) is 2.01. The molecule has 0 aliphatic rings. The van der Waals surface area contributed by atoms with Gasteiger partial charge in [-0.05, 0) is 0 Å². The second kappa shape index (κ2) is 3.74. The fourth-order valence-corrected chi connectivity index (χ4v) is 0.367. The van der Waals surface area contributed by atoms with Gasteiger partial charge in [-0.3, -0.25) is 0 Å². The first kappa shape index (κ1) is 7.77. The summed E-state index contributed by atoms with van der Waals surface area (Å²) in [7, 11) is 0. The van der Waals surface area contributed by atoms with E-state index in [1.807, 2.05) is 0 Å². The van der Waals surface area contributed by atoms with Gasteiger partial charge in [0, 0.05) is 25.3 Å². The largest absolute Gasteiger partial charge is 0.236 e. The summed E-state index contributed by atoms with van der Waals surface area (Å²) in [5.74, 6) is -0.209. The quantitative estimate of drug-likeness (QED) is 0.400. The topological polar surface area (TPSA) is 0 Å². The zero-order valence-corrected chi connectivity index (χ0v) is 7.36. The molecule has 0 aliphatic carbocycles. The summed E-state index contributed by atoms with van der Waals surface area (Å²) in [6, 6.07) is 8.49. The van der Waals surface area contributed by atoms with Gasteiger partial charge in [-0.25, -0.2) is 4.39 Å². The van der Waals surface area contributed by atoms with E-state index in [2.05, 4.69) is 6.07 Å². The Balaban J connectivity index is 0.000000490. The van der Waals surface area contributed by atoms with Crippen molar-refractivity contribution in [1.82, 2.24) is 0 Å². The van der Waals surface area contributed by atoms with E-state index in [1.165, 1.54) is 24.3 Å². The van der Waals surface area contributed by atoms with E-state index in [-0.39, 0.29) is 25.3 Å². The molecule has 0 amide bonds. The average molecular weight is 160 g/mol. The van der Waals surface area contributed by atoms with Gasteiger partial charge in [-0.15, -0.1) is 12.1 Å². The number of benzene rings is 1. The van der Waals surface area contributed by atoms with Crippen molar-refractivity contribution in [3.63, 3.8) is 0 Å². The molecule has 0 aromatic heterocycles. The van der Waals surface area contributed by atoms with Crippen LogP contribution >= 0.6 is 0 Å². The number of rotatable bonds is 0. The van der Waals surface area contributed by atoms with Crippen molar-refractivity contribution in [2.24, 2.45) is 0 Å². The van der Waals surface area contributed by atoms with E-state index in [4.69, 9.17) is 0 Å². The molecule has 0 spiro atoms. The fraction of sp³-hybridized carbons (Fsp3) is 0. The molecule has 0 fully saturated rings. The van der Waals surface area contributed by atoms with Crippen molar-refractivity contribution in [2.75, 3.05) is 0 Å². The molecule has 0 bridgehead atoms. The minimum atomic E-state index is -0.209. The van der Waals surface area contributed by atoms with Crippen LogP contribution in [0.3, 0.4) is 0 Å². The van der Waals surface area contributed by atoms with Gasteiger partial charge in [-0.1, -0.05) is 0 Å². The third kappa shape index (κ3) is 2.18. The van der Waals surface area contributed by atoms with Crippen LogP contribution in [0.15, 0.2) is 24.3 Å². The van der Waals surface area contributed by atoms with Gasteiger partial charge < -0.3 is 0 Å². The smallest absolute Gasteiger partial charge is 0.0151 e. The molecule has 2 heteroatoms. The Morgan fingerprint density at radius 3 is 2.00 bits per heavy atom. The molecule has 0 N–H and O–H groups in total. The van der Waals surface area contributed by atoms with Crippen molar-refractivity contribution in [3.8, 4) is 0 Å². The van der Waals surface area contributed by atoms with Gasteiger partial charge >= 0.3 is 0 Å². The van der Waals surface area contributed by atoms with Crippen LogP contribution in [0, 0.1) is 11.9 Å². The van der Waals surface area contributed by atoms with Gasteiger partial charge in [0.15, 0.2) is 0 Å². The van der Waals surface area contributed by atoms with Gasteiger partial charge in [0.1, 0.15) is 0 Å². The monoisotopic (exact) mass is 159 g/mol. The van der Waals surface area contributed by atoms with Crippen LogP contribution in [-0.2, 0) is 19.5 Å². The molecule has 38 valence electrons. The second-order valence-corrected chi connectivity index (χ2v) is 1.22. The average Bonchev–Trinajstić information content (AvgIpc) is 1.69. The molecule has 0 radical (unpaired) electrons. The van der Waals surface area contributed by atoms with Crippen LogP contribution in [0.2, 0.25) is 0 Å². The van der Waals surface area contributed by atoms with E-state index in [9.17, 15) is 4.39 Å². The molecule has 0 heterocycles. The third-order valence-corrected chi connectivity index (χ3v) is 0.678. The molecule has 0 saturated carbocycles. The minimum Gasteiger partial charge on any atom is -0.236 e. The summed E-state index contributed by atoms with van der Waals surface area (Å²) in [5.41, 5.74) is 0. The normalized spacial score (nSPS) is 7.62. The molecule has 0 aliphatic heterocycles. The second-order valence-electron chi connectivity index (χ2n) is 1.22. The van der Waals surface area contributed by atoms with Crippen molar-refractivity contribution < 1.29 is 23.9 Å². The van der Waals surface area contributed by atoms with Crippen molar-refractivity contribution in [2.45, 2.75) is 0 Å². The Morgan fingerprint density at radius 1 is 1.25 bits per heavy atom. The molecule has 1 aromatic rings. The zero-order valence-electron chi connectivity index (χ0n) is 4.39. The molecule has 0 nitrogen and oxygen atoms in total. The van der Waals surface area contributed by atoms with Crippen LogP contribution in [-0.4, -0.2) is 0 Å². The number of hydrogen-bond donors (Lipinski definition) is 0. The number of hydrogen-bond acceptors (Lipinski definition) is 0.